The van der Waals surface area contributed by atoms with Crippen LogP contribution in [0.2, 0.25) is 0 Å². The zero-order valence-corrected chi connectivity index (χ0v) is 9.38. The number of rotatable bonds is 2. The molecule has 2 aromatic rings. The molecule has 1 aromatic heterocycles. The maximum Gasteiger partial charge on any atom is 0.339 e. The number of hydrogen-bond acceptors (Lipinski definition) is 3. The van der Waals surface area contributed by atoms with Gasteiger partial charge in [-0.2, -0.15) is 10.4 Å². The third-order valence-corrected chi connectivity index (χ3v) is 2.55. The highest BCUT2D eigenvalue weighted by atomic mass is 19.1. The Bertz CT molecular complexity index is 670. The Labute approximate surface area is 102 Å². The normalized spacial score (nSPS) is 10.1. The van der Waals surface area contributed by atoms with Crippen molar-refractivity contribution in [2.75, 3.05) is 0 Å². The molecular formula is C12H8FN3O2. The highest BCUT2D eigenvalue weighted by Crippen LogP contribution is 2.18. The van der Waals surface area contributed by atoms with Crippen molar-refractivity contribution in [2.24, 2.45) is 0 Å². The Morgan fingerprint density at radius 1 is 1.56 bits per heavy atom. The van der Waals surface area contributed by atoms with Gasteiger partial charge in [-0.15, -0.1) is 0 Å². The van der Waals surface area contributed by atoms with E-state index < -0.39 is 11.8 Å². The summed E-state index contributed by atoms with van der Waals surface area (Å²) in [5.74, 6) is -1.75. The molecule has 1 heterocycles. The summed E-state index contributed by atoms with van der Waals surface area (Å²) in [7, 11) is 0. The maximum atomic E-state index is 13.8. The van der Waals surface area contributed by atoms with Gasteiger partial charge in [-0.1, -0.05) is 0 Å². The number of aromatic nitrogens is 2. The van der Waals surface area contributed by atoms with Gasteiger partial charge in [0.25, 0.3) is 0 Å². The molecule has 0 spiro atoms. The van der Waals surface area contributed by atoms with Crippen molar-refractivity contribution in [1.82, 2.24) is 9.78 Å². The highest BCUT2D eigenvalue weighted by molar-refractivity contribution is 5.88. The van der Waals surface area contributed by atoms with Crippen LogP contribution < -0.4 is 0 Å². The first-order valence-corrected chi connectivity index (χ1v) is 5.02. The average molecular weight is 245 g/mol. The topological polar surface area (TPSA) is 78.9 Å². The fraction of sp³-hybridized carbons (Fsp3) is 0.0833. The van der Waals surface area contributed by atoms with Gasteiger partial charge >= 0.3 is 5.97 Å². The SMILES string of the molecule is Cc1c(C(=O)O)cnn1-c1ccc(C#N)cc1F. The summed E-state index contributed by atoms with van der Waals surface area (Å²) < 4.78 is 14.9. The number of benzene rings is 1. The van der Waals surface area contributed by atoms with E-state index in [2.05, 4.69) is 5.10 Å². The van der Waals surface area contributed by atoms with Gasteiger partial charge in [0, 0.05) is 0 Å². The van der Waals surface area contributed by atoms with Crippen LogP contribution in [0, 0.1) is 24.1 Å². The van der Waals surface area contributed by atoms with E-state index in [0.29, 0.717) is 5.69 Å². The van der Waals surface area contributed by atoms with Gasteiger partial charge in [0.2, 0.25) is 0 Å². The first-order valence-electron chi connectivity index (χ1n) is 5.02. The van der Waals surface area contributed by atoms with Crippen LogP contribution in [0.5, 0.6) is 0 Å². The Morgan fingerprint density at radius 3 is 2.78 bits per heavy atom. The first kappa shape index (κ1) is 11.8. The minimum Gasteiger partial charge on any atom is -0.478 e. The van der Waals surface area contributed by atoms with E-state index in [-0.39, 0.29) is 16.8 Å². The van der Waals surface area contributed by atoms with Crippen molar-refractivity contribution in [3.05, 3.63) is 47.0 Å². The first-order chi connectivity index (χ1) is 8.54. The second kappa shape index (κ2) is 4.30. The molecule has 0 saturated heterocycles. The molecular weight excluding hydrogens is 237 g/mol. The number of carboxylic acid groups (broad SMARTS) is 1. The van der Waals surface area contributed by atoms with Gasteiger partial charge < -0.3 is 5.11 Å². The minimum atomic E-state index is -1.12. The lowest BCUT2D eigenvalue weighted by molar-refractivity contribution is 0.0696. The fourth-order valence-electron chi connectivity index (χ4n) is 1.61. The Morgan fingerprint density at radius 2 is 2.28 bits per heavy atom. The van der Waals surface area contributed by atoms with Crippen LogP contribution in [0.4, 0.5) is 4.39 Å². The number of carboxylic acids is 1. The summed E-state index contributed by atoms with van der Waals surface area (Å²) >= 11 is 0. The lowest BCUT2D eigenvalue weighted by Crippen LogP contribution is -2.04. The van der Waals surface area contributed by atoms with E-state index in [9.17, 15) is 9.18 Å². The largest absolute Gasteiger partial charge is 0.478 e. The number of hydrogen-bond donors (Lipinski definition) is 1. The molecule has 0 unspecified atom stereocenters. The van der Waals surface area contributed by atoms with Gasteiger partial charge in [0.15, 0.2) is 0 Å². The molecule has 0 fully saturated rings. The predicted molar refractivity (Wildman–Crippen MR) is 59.9 cm³/mol. The van der Waals surface area contributed by atoms with Gasteiger partial charge in [-0.25, -0.2) is 13.9 Å². The Kier molecular flexibility index (Phi) is 2.81. The molecule has 0 amide bonds. The molecule has 0 aliphatic heterocycles. The minimum absolute atomic E-state index is 0.0127. The summed E-state index contributed by atoms with van der Waals surface area (Å²) in [4.78, 5) is 10.9. The molecule has 0 aliphatic rings. The van der Waals surface area contributed by atoms with Crippen LogP contribution in [0.15, 0.2) is 24.4 Å². The molecule has 0 atom stereocenters. The lowest BCUT2D eigenvalue weighted by Gasteiger charge is -2.06. The third-order valence-electron chi connectivity index (χ3n) is 2.55. The summed E-state index contributed by atoms with van der Waals surface area (Å²) in [6.07, 6.45) is 1.16. The number of nitrogens with zero attached hydrogens (tertiary/aromatic N) is 3. The quantitative estimate of drug-likeness (QED) is 0.876. The Hall–Kier alpha value is -2.68. The van der Waals surface area contributed by atoms with Gasteiger partial charge in [-0.05, 0) is 25.1 Å². The van der Waals surface area contributed by atoms with Crippen LogP contribution in [0.25, 0.3) is 5.69 Å². The maximum absolute atomic E-state index is 13.8. The van der Waals surface area contributed by atoms with Crippen LogP contribution >= 0.6 is 0 Å². The van der Waals surface area contributed by atoms with E-state index in [0.717, 1.165) is 12.3 Å². The number of carbonyl (C=O) groups is 1. The van der Waals surface area contributed by atoms with E-state index >= 15 is 0 Å². The zero-order chi connectivity index (χ0) is 13.3. The number of nitriles is 1. The van der Waals surface area contributed by atoms with Crippen molar-refractivity contribution in [2.45, 2.75) is 6.92 Å². The molecule has 1 aromatic carbocycles. The third kappa shape index (κ3) is 1.82. The van der Waals surface area contributed by atoms with Crippen molar-refractivity contribution >= 4 is 5.97 Å². The molecule has 18 heavy (non-hydrogen) atoms. The van der Waals surface area contributed by atoms with Crippen LogP contribution in [-0.4, -0.2) is 20.9 Å². The van der Waals surface area contributed by atoms with Crippen molar-refractivity contribution < 1.29 is 14.3 Å². The van der Waals surface area contributed by atoms with Gasteiger partial charge in [-0.3, -0.25) is 0 Å². The summed E-state index contributed by atoms with van der Waals surface area (Å²) in [5, 5.41) is 21.4. The molecule has 5 nitrogen and oxygen atoms in total. The standard InChI is InChI=1S/C12H8FN3O2/c1-7-9(12(17)18)6-15-16(7)11-3-2-8(5-14)4-10(11)13/h2-4,6H,1H3,(H,17,18). The van der Waals surface area contributed by atoms with Crippen LogP contribution in [0.3, 0.4) is 0 Å². The molecule has 0 radical (unpaired) electrons. The van der Waals surface area contributed by atoms with E-state index in [1.807, 2.05) is 6.07 Å². The monoisotopic (exact) mass is 245 g/mol. The molecule has 0 aliphatic carbocycles. The zero-order valence-electron chi connectivity index (χ0n) is 9.38. The summed E-state index contributed by atoms with van der Waals surface area (Å²) in [6.45, 7) is 1.54. The van der Waals surface area contributed by atoms with E-state index in [1.165, 1.54) is 23.7 Å². The lowest BCUT2D eigenvalue weighted by atomic mass is 10.2. The molecule has 1 N–H and O–H groups in total. The van der Waals surface area contributed by atoms with Crippen LogP contribution in [-0.2, 0) is 0 Å². The Balaban J connectivity index is 2.57. The van der Waals surface area contributed by atoms with Crippen LogP contribution in [0.1, 0.15) is 21.6 Å². The van der Waals surface area contributed by atoms with E-state index in [4.69, 9.17) is 10.4 Å². The molecule has 90 valence electrons. The van der Waals surface area contributed by atoms with E-state index in [1.54, 1.807) is 0 Å². The van der Waals surface area contributed by atoms with Gasteiger partial charge in [0.1, 0.15) is 17.1 Å². The molecule has 2 rings (SSSR count). The summed E-state index contributed by atoms with van der Waals surface area (Å²) in [6, 6.07) is 5.73. The van der Waals surface area contributed by atoms with Gasteiger partial charge in [0.05, 0.1) is 23.5 Å². The summed E-state index contributed by atoms with van der Waals surface area (Å²) in [5.41, 5.74) is 0.642. The molecule has 0 saturated carbocycles. The molecule has 6 heteroatoms. The van der Waals surface area contributed by atoms with Crippen molar-refractivity contribution in [3.63, 3.8) is 0 Å². The fourth-order valence-corrected chi connectivity index (χ4v) is 1.61. The number of halogens is 1. The second-order valence-corrected chi connectivity index (χ2v) is 3.64. The molecule has 0 bridgehead atoms. The van der Waals surface area contributed by atoms with Crippen molar-refractivity contribution in [1.29, 1.82) is 5.26 Å². The number of aromatic carboxylic acids is 1. The average Bonchev–Trinajstić information content (AvgIpc) is 2.71. The highest BCUT2D eigenvalue weighted by Gasteiger charge is 2.16. The second-order valence-electron chi connectivity index (χ2n) is 3.64. The predicted octanol–water partition coefficient (Wildman–Crippen LogP) is 1.89. The smallest absolute Gasteiger partial charge is 0.339 e. The van der Waals surface area contributed by atoms with Crippen molar-refractivity contribution in [3.8, 4) is 11.8 Å².